The molecule has 0 saturated carbocycles. The summed E-state index contributed by atoms with van der Waals surface area (Å²) in [5.41, 5.74) is 7.03. The fourth-order valence-corrected chi connectivity index (χ4v) is 1.77. The first-order valence-electron chi connectivity index (χ1n) is 5.57. The molecule has 4 nitrogen and oxygen atoms in total. The van der Waals surface area contributed by atoms with Gasteiger partial charge in [0.05, 0.1) is 0 Å². The lowest BCUT2D eigenvalue weighted by Crippen LogP contribution is -2.16. The van der Waals surface area contributed by atoms with E-state index in [0.29, 0.717) is 13.2 Å². The minimum atomic E-state index is -0.0528. The molecule has 0 bridgehead atoms. The van der Waals surface area contributed by atoms with Gasteiger partial charge in [-0.3, -0.25) is 0 Å². The normalized spacial score (nSPS) is 14.9. The van der Waals surface area contributed by atoms with Crippen molar-refractivity contribution in [1.82, 2.24) is 0 Å². The SMILES string of the molecule is Cl.N[C@H](CCCO)c1ccc2c(c1)OCCO2. The minimum Gasteiger partial charge on any atom is -0.486 e. The van der Waals surface area contributed by atoms with Crippen LogP contribution in [0.3, 0.4) is 0 Å². The molecule has 3 N–H and O–H groups in total. The molecule has 1 atom stereocenters. The van der Waals surface area contributed by atoms with Crippen LogP contribution < -0.4 is 15.2 Å². The maximum Gasteiger partial charge on any atom is 0.161 e. The number of aliphatic hydroxyl groups is 1. The number of aliphatic hydroxyl groups excluding tert-OH is 1. The van der Waals surface area contributed by atoms with E-state index in [-0.39, 0.29) is 25.1 Å². The summed E-state index contributed by atoms with van der Waals surface area (Å²) in [5.74, 6) is 1.55. The van der Waals surface area contributed by atoms with Gasteiger partial charge in [0.15, 0.2) is 11.5 Å². The molecular formula is C12H18ClNO3. The van der Waals surface area contributed by atoms with E-state index < -0.39 is 0 Å². The Hall–Kier alpha value is -0.970. The van der Waals surface area contributed by atoms with Crippen LogP contribution in [0.15, 0.2) is 18.2 Å². The van der Waals surface area contributed by atoms with E-state index in [1.807, 2.05) is 18.2 Å². The van der Waals surface area contributed by atoms with E-state index in [0.717, 1.165) is 29.9 Å². The first kappa shape index (κ1) is 14.1. The van der Waals surface area contributed by atoms with E-state index in [9.17, 15) is 0 Å². The zero-order valence-electron chi connectivity index (χ0n) is 9.59. The maximum absolute atomic E-state index is 8.75. The number of fused-ring (bicyclic) bond motifs is 1. The molecule has 0 fully saturated rings. The predicted octanol–water partition coefficient (Wildman–Crippen LogP) is 1.65. The molecule has 2 rings (SSSR count). The summed E-state index contributed by atoms with van der Waals surface area (Å²) in [5, 5.41) is 8.75. The van der Waals surface area contributed by atoms with Crippen LogP contribution in [-0.4, -0.2) is 24.9 Å². The van der Waals surface area contributed by atoms with Crippen LogP contribution in [0.1, 0.15) is 24.4 Å². The van der Waals surface area contributed by atoms with E-state index in [2.05, 4.69) is 0 Å². The molecular weight excluding hydrogens is 242 g/mol. The Labute approximate surface area is 107 Å². The second-order valence-electron chi connectivity index (χ2n) is 3.88. The topological polar surface area (TPSA) is 64.7 Å². The maximum atomic E-state index is 8.75. The molecule has 0 saturated heterocycles. The third-order valence-electron chi connectivity index (χ3n) is 2.67. The largest absolute Gasteiger partial charge is 0.486 e. The van der Waals surface area contributed by atoms with Crippen molar-refractivity contribution in [3.05, 3.63) is 23.8 Å². The van der Waals surface area contributed by atoms with Crippen molar-refractivity contribution in [2.45, 2.75) is 18.9 Å². The molecule has 0 unspecified atom stereocenters. The molecule has 1 aromatic carbocycles. The van der Waals surface area contributed by atoms with Crippen molar-refractivity contribution in [2.75, 3.05) is 19.8 Å². The van der Waals surface area contributed by atoms with Crippen LogP contribution in [0.2, 0.25) is 0 Å². The van der Waals surface area contributed by atoms with Crippen molar-refractivity contribution < 1.29 is 14.6 Å². The Bertz CT molecular complexity index is 360. The van der Waals surface area contributed by atoms with Crippen LogP contribution in [-0.2, 0) is 0 Å². The second kappa shape index (κ2) is 6.69. The van der Waals surface area contributed by atoms with Crippen LogP contribution in [0.25, 0.3) is 0 Å². The number of halogens is 1. The number of hydrogen-bond acceptors (Lipinski definition) is 4. The highest BCUT2D eigenvalue weighted by Gasteiger charge is 2.14. The van der Waals surface area contributed by atoms with Crippen LogP contribution in [0.5, 0.6) is 11.5 Å². The average Bonchev–Trinajstić information content (AvgIpc) is 2.35. The van der Waals surface area contributed by atoms with E-state index in [4.69, 9.17) is 20.3 Å². The van der Waals surface area contributed by atoms with Crippen molar-refractivity contribution in [3.63, 3.8) is 0 Å². The molecule has 0 spiro atoms. The van der Waals surface area contributed by atoms with Crippen LogP contribution in [0, 0.1) is 0 Å². The molecule has 0 aromatic heterocycles. The predicted molar refractivity (Wildman–Crippen MR) is 67.9 cm³/mol. The molecule has 1 heterocycles. The quantitative estimate of drug-likeness (QED) is 0.863. The zero-order chi connectivity index (χ0) is 11.4. The van der Waals surface area contributed by atoms with Crippen LogP contribution in [0.4, 0.5) is 0 Å². The van der Waals surface area contributed by atoms with Gasteiger partial charge in [-0.2, -0.15) is 0 Å². The minimum absolute atomic E-state index is 0. The standard InChI is InChI=1S/C12H17NO3.ClH/c13-10(2-1-5-14)9-3-4-11-12(8-9)16-7-6-15-11;/h3-4,8,10,14H,1-2,5-7,13H2;1H/t10-;/m1./s1. The van der Waals surface area contributed by atoms with Gasteiger partial charge in [-0.15, -0.1) is 12.4 Å². The summed E-state index contributed by atoms with van der Waals surface area (Å²) in [6.45, 7) is 1.36. The van der Waals surface area contributed by atoms with Crippen molar-refractivity contribution in [1.29, 1.82) is 0 Å². The van der Waals surface area contributed by atoms with Gasteiger partial charge in [0.2, 0.25) is 0 Å². The molecule has 17 heavy (non-hydrogen) atoms. The number of nitrogens with two attached hydrogens (primary N) is 1. The Morgan fingerprint density at radius 2 is 1.94 bits per heavy atom. The lowest BCUT2D eigenvalue weighted by molar-refractivity contribution is 0.171. The number of hydrogen-bond donors (Lipinski definition) is 2. The lowest BCUT2D eigenvalue weighted by atomic mass is 10.0. The summed E-state index contributed by atoms with van der Waals surface area (Å²) in [6.07, 6.45) is 1.49. The summed E-state index contributed by atoms with van der Waals surface area (Å²) in [4.78, 5) is 0. The Kier molecular flexibility index (Phi) is 5.55. The lowest BCUT2D eigenvalue weighted by Gasteiger charge is -2.20. The molecule has 1 aromatic rings. The summed E-state index contributed by atoms with van der Waals surface area (Å²) < 4.78 is 10.9. The highest BCUT2D eigenvalue weighted by Crippen LogP contribution is 2.32. The number of benzene rings is 1. The molecule has 1 aliphatic rings. The highest BCUT2D eigenvalue weighted by molar-refractivity contribution is 5.85. The van der Waals surface area contributed by atoms with Crippen LogP contribution >= 0.6 is 12.4 Å². The summed E-state index contributed by atoms with van der Waals surface area (Å²) >= 11 is 0. The Morgan fingerprint density at radius 1 is 1.24 bits per heavy atom. The molecule has 0 radical (unpaired) electrons. The van der Waals surface area contributed by atoms with Gasteiger partial charge in [0, 0.05) is 12.6 Å². The average molecular weight is 260 g/mol. The summed E-state index contributed by atoms with van der Waals surface area (Å²) in [7, 11) is 0. The van der Waals surface area contributed by atoms with Crippen molar-refractivity contribution in [2.24, 2.45) is 5.73 Å². The molecule has 1 aliphatic heterocycles. The van der Waals surface area contributed by atoms with Gasteiger partial charge in [-0.05, 0) is 30.5 Å². The first-order valence-corrected chi connectivity index (χ1v) is 5.57. The van der Waals surface area contributed by atoms with E-state index in [1.165, 1.54) is 0 Å². The first-order chi connectivity index (χ1) is 7.81. The second-order valence-corrected chi connectivity index (χ2v) is 3.88. The van der Waals surface area contributed by atoms with E-state index >= 15 is 0 Å². The fourth-order valence-electron chi connectivity index (χ4n) is 1.77. The monoisotopic (exact) mass is 259 g/mol. The van der Waals surface area contributed by atoms with Gasteiger partial charge in [0.25, 0.3) is 0 Å². The van der Waals surface area contributed by atoms with Gasteiger partial charge in [0.1, 0.15) is 13.2 Å². The Morgan fingerprint density at radius 3 is 2.65 bits per heavy atom. The third-order valence-corrected chi connectivity index (χ3v) is 2.67. The zero-order valence-corrected chi connectivity index (χ0v) is 10.4. The summed E-state index contributed by atoms with van der Waals surface area (Å²) in [6, 6.07) is 5.72. The number of ether oxygens (including phenoxy) is 2. The molecule has 96 valence electrons. The molecule has 5 heteroatoms. The Balaban J connectivity index is 0.00000144. The van der Waals surface area contributed by atoms with Gasteiger partial charge < -0.3 is 20.3 Å². The fraction of sp³-hybridized carbons (Fsp3) is 0.500. The molecule has 0 amide bonds. The van der Waals surface area contributed by atoms with Crippen molar-refractivity contribution in [3.8, 4) is 11.5 Å². The third kappa shape index (κ3) is 3.49. The van der Waals surface area contributed by atoms with Crippen molar-refractivity contribution >= 4 is 12.4 Å². The number of rotatable bonds is 4. The van der Waals surface area contributed by atoms with Gasteiger partial charge in [-0.25, -0.2) is 0 Å². The molecule has 0 aliphatic carbocycles. The smallest absolute Gasteiger partial charge is 0.161 e. The van der Waals surface area contributed by atoms with Gasteiger partial charge >= 0.3 is 0 Å². The van der Waals surface area contributed by atoms with E-state index in [1.54, 1.807) is 0 Å². The highest BCUT2D eigenvalue weighted by atomic mass is 35.5. The van der Waals surface area contributed by atoms with Gasteiger partial charge in [-0.1, -0.05) is 6.07 Å².